The van der Waals surface area contributed by atoms with Crippen molar-refractivity contribution in [3.05, 3.63) is 29.6 Å². The normalized spacial score (nSPS) is 12.2. The summed E-state index contributed by atoms with van der Waals surface area (Å²) in [4.78, 5) is 15.3. The number of pyridine rings is 1. The molecule has 5 heteroatoms. The molecule has 0 saturated heterocycles. The molecule has 1 unspecified atom stereocenters. The largest absolute Gasteiger partial charge is 0.465 e. The average Bonchev–Trinajstić information content (AvgIpc) is 2.38. The van der Waals surface area contributed by atoms with Crippen molar-refractivity contribution in [2.24, 2.45) is 5.92 Å². The Morgan fingerprint density at radius 3 is 2.88 bits per heavy atom. The summed E-state index contributed by atoms with van der Waals surface area (Å²) >= 11 is 0. The lowest BCUT2D eigenvalue weighted by Gasteiger charge is -2.09. The number of carbonyl (C=O) groups is 1. The first-order chi connectivity index (χ1) is 8.17. The Balaban J connectivity index is 2.43. The first-order valence-corrected chi connectivity index (χ1v) is 5.52. The molecule has 0 bridgehead atoms. The number of esters is 1. The van der Waals surface area contributed by atoms with Crippen LogP contribution in [-0.2, 0) is 11.3 Å². The predicted molar refractivity (Wildman–Crippen MR) is 63.5 cm³/mol. The molecule has 1 aromatic heterocycles. The first-order valence-electron chi connectivity index (χ1n) is 5.52. The summed E-state index contributed by atoms with van der Waals surface area (Å²) in [7, 11) is 1.34. The Morgan fingerprint density at radius 1 is 1.59 bits per heavy atom. The fourth-order valence-corrected chi connectivity index (χ4v) is 1.28. The molecule has 17 heavy (non-hydrogen) atoms. The Kier molecular flexibility index (Phi) is 5.59. The molecule has 0 aliphatic carbocycles. The van der Waals surface area contributed by atoms with Crippen molar-refractivity contribution < 1.29 is 14.6 Å². The van der Waals surface area contributed by atoms with Gasteiger partial charge in [0.05, 0.1) is 18.4 Å². The number of aromatic nitrogens is 1. The highest BCUT2D eigenvalue weighted by Crippen LogP contribution is 2.02. The predicted octanol–water partition coefficient (Wildman–Crippen LogP) is 0.586. The number of hydrogen-bond acceptors (Lipinski definition) is 5. The van der Waals surface area contributed by atoms with E-state index in [1.54, 1.807) is 12.1 Å². The number of methoxy groups -OCH3 is 1. The van der Waals surface area contributed by atoms with Crippen LogP contribution in [0.5, 0.6) is 0 Å². The van der Waals surface area contributed by atoms with E-state index < -0.39 is 0 Å². The van der Waals surface area contributed by atoms with Gasteiger partial charge in [-0.05, 0) is 18.1 Å². The van der Waals surface area contributed by atoms with Crippen LogP contribution in [0.15, 0.2) is 18.3 Å². The van der Waals surface area contributed by atoms with Gasteiger partial charge in [0.2, 0.25) is 0 Å². The fourth-order valence-electron chi connectivity index (χ4n) is 1.28. The zero-order valence-electron chi connectivity index (χ0n) is 10.1. The molecular weight excluding hydrogens is 220 g/mol. The number of hydrogen-bond donors (Lipinski definition) is 2. The van der Waals surface area contributed by atoms with Crippen molar-refractivity contribution in [3.8, 4) is 0 Å². The minimum absolute atomic E-state index is 0.168. The lowest BCUT2D eigenvalue weighted by Crippen LogP contribution is -2.23. The van der Waals surface area contributed by atoms with Gasteiger partial charge >= 0.3 is 5.97 Å². The molecule has 1 aromatic rings. The Hall–Kier alpha value is -1.46. The number of aliphatic hydroxyl groups excluding tert-OH is 1. The van der Waals surface area contributed by atoms with E-state index in [0.717, 1.165) is 12.2 Å². The lowest BCUT2D eigenvalue weighted by atomic mass is 10.2. The summed E-state index contributed by atoms with van der Waals surface area (Å²) in [5.41, 5.74) is 1.29. The highest BCUT2D eigenvalue weighted by molar-refractivity contribution is 5.88. The van der Waals surface area contributed by atoms with E-state index >= 15 is 0 Å². The molecule has 0 fully saturated rings. The van der Waals surface area contributed by atoms with Crippen molar-refractivity contribution in [2.45, 2.75) is 13.5 Å². The van der Waals surface area contributed by atoms with Crippen LogP contribution >= 0.6 is 0 Å². The molecule has 1 heterocycles. The molecule has 0 saturated carbocycles. The minimum atomic E-state index is -0.383. The third-order valence-electron chi connectivity index (χ3n) is 2.36. The number of carbonyl (C=O) groups excluding carboxylic acids is 1. The summed E-state index contributed by atoms with van der Waals surface area (Å²) in [6, 6.07) is 3.47. The van der Waals surface area contributed by atoms with Crippen LogP contribution in [-0.4, -0.2) is 36.3 Å². The maximum atomic E-state index is 11.2. The molecule has 0 amide bonds. The van der Waals surface area contributed by atoms with Crippen molar-refractivity contribution in [1.82, 2.24) is 10.3 Å². The van der Waals surface area contributed by atoms with E-state index in [4.69, 9.17) is 5.11 Å². The van der Waals surface area contributed by atoms with Gasteiger partial charge in [-0.15, -0.1) is 0 Å². The average molecular weight is 238 g/mol. The highest BCUT2D eigenvalue weighted by Gasteiger charge is 2.05. The molecule has 0 radical (unpaired) electrons. The Bertz CT molecular complexity index is 351. The molecule has 1 atom stereocenters. The summed E-state index contributed by atoms with van der Waals surface area (Å²) in [5, 5.41) is 12.0. The number of rotatable bonds is 6. The highest BCUT2D eigenvalue weighted by atomic mass is 16.5. The topological polar surface area (TPSA) is 71.5 Å². The molecule has 0 aromatic carbocycles. The zero-order valence-corrected chi connectivity index (χ0v) is 10.1. The van der Waals surface area contributed by atoms with Crippen molar-refractivity contribution in [3.63, 3.8) is 0 Å². The van der Waals surface area contributed by atoms with Gasteiger partial charge in [0.15, 0.2) is 0 Å². The second-order valence-electron chi connectivity index (χ2n) is 3.95. The lowest BCUT2D eigenvalue weighted by molar-refractivity contribution is 0.0600. The van der Waals surface area contributed by atoms with Crippen LogP contribution in [0, 0.1) is 5.92 Å². The third-order valence-corrected chi connectivity index (χ3v) is 2.36. The van der Waals surface area contributed by atoms with Gasteiger partial charge in [-0.2, -0.15) is 0 Å². The van der Waals surface area contributed by atoms with E-state index in [9.17, 15) is 4.79 Å². The van der Waals surface area contributed by atoms with Crippen LogP contribution in [0.3, 0.4) is 0 Å². The van der Waals surface area contributed by atoms with E-state index in [2.05, 4.69) is 15.0 Å². The number of nitrogens with one attached hydrogen (secondary N) is 1. The number of aliphatic hydroxyl groups is 1. The summed E-state index contributed by atoms with van der Waals surface area (Å²) < 4.78 is 4.58. The Labute approximate surface area is 101 Å². The van der Waals surface area contributed by atoms with E-state index in [1.165, 1.54) is 13.3 Å². The molecule has 2 N–H and O–H groups in total. The van der Waals surface area contributed by atoms with E-state index in [1.807, 2.05) is 6.92 Å². The smallest absolute Gasteiger partial charge is 0.339 e. The van der Waals surface area contributed by atoms with Crippen LogP contribution in [0.4, 0.5) is 0 Å². The maximum absolute atomic E-state index is 11.2. The maximum Gasteiger partial charge on any atom is 0.339 e. The standard InChI is InChI=1S/C12H18N2O3/c1-9(8-15)5-13-7-11-4-3-10(6-14-11)12(16)17-2/h3-4,6,9,13,15H,5,7-8H2,1-2H3. The quantitative estimate of drug-likeness (QED) is 0.710. The number of nitrogens with zero attached hydrogens (tertiary/aromatic N) is 1. The van der Waals surface area contributed by atoms with Gasteiger partial charge in [-0.3, -0.25) is 4.98 Å². The second kappa shape index (κ2) is 6.98. The monoisotopic (exact) mass is 238 g/mol. The van der Waals surface area contributed by atoms with Gasteiger partial charge in [-0.25, -0.2) is 4.79 Å². The molecule has 5 nitrogen and oxygen atoms in total. The van der Waals surface area contributed by atoms with Crippen molar-refractivity contribution in [1.29, 1.82) is 0 Å². The van der Waals surface area contributed by atoms with E-state index in [-0.39, 0.29) is 18.5 Å². The SMILES string of the molecule is COC(=O)c1ccc(CNCC(C)CO)nc1. The minimum Gasteiger partial charge on any atom is -0.465 e. The summed E-state index contributed by atoms with van der Waals surface area (Å²) in [6.07, 6.45) is 1.50. The van der Waals surface area contributed by atoms with Gasteiger partial charge in [0, 0.05) is 25.9 Å². The number of ether oxygens (including phenoxy) is 1. The molecule has 0 spiro atoms. The molecule has 1 rings (SSSR count). The van der Waals surface area contributed by atoms with Gasteiger partial charge < -0.3 is 15.2 Å². The van der Waals surface area contributed by atoms with Crippen molar-refractivity contribution >= 4 is 5.97 Å². The van der Waals surface area contributed by atoms with Crippen LogP contribution in [0.1, 0.15) is 23.0 Å². The van der Waals surface area contributed by atoms with Crippen LogP contribution < -0.4 is 5.32 Å². The zero-order chi connectivity index (χ0) is 12.7. The Morgan fingerprint density at radius 2 is 2.35 bits per heavy atom. The third kappa shape index (κ3) is 4.50. The molecule has 0 aliphatic heterocycles. The summed E-state index contributed by atoms with van der Waals surface area (Å²) in [6.45, 7) is 3.48. The van der Waals surface area contributed by atoms with Crippen molar-refractivity contribution in [2.75, 3.05) is 20.3 Å². The van der Waals surface area contributed by atoms with E-state index in [0.29, 0.717) is 12.1 Å². The first kappa shape index (κ1) is 13.6. The molecular formula is C12H18N2O3. The van der Waals surface area contributed by atoms with Gasteiger partial charge in [0.1, 0.15) is 0 Å². The van der Waals surface area contributed by atoms with Crippen LogP contribution in [0.25, 0.3) is 0 Å². The van der Waals surface area contributed by atoms with Gasteiger partial charge in [-0.1, -0.05) is 6.92 Å². The van der Waals surface area contributed by atoms with Crippen LogP contribution in [0.2, 0.25) is 0 Å². The molecule has 94 valence electrons. The van der Waals surface area contributed by atoms with Gasteiger partial charge in [0.25, 0.3) is 0 Å². The summed E-state index contributed by atoms with van der Waals surface area (Å²) in [5.74, 6) is -0.157. The molecule has 0 aliphatic rings. The fraction of sp³-hybridized carbons (Fsp3) is 0.500. The second-order valence-corrected chi connectivity index (χ2v) is 3.95.